The van der Waals surface area contributed by atoms with E-state index in [1.54, 1.807) is 25.1 Å². The summed E-state index contributed by atoms with van der Waals surface area (Å²) in [4.78, 5) is 12.6. The molecule has 0 bridgehead atoms. The Morgan fingerprint density at radius 2 is 1.88 bits per heavy atom. The highest BCUT2D eigenvalue weighted by molar-refractivity contribution is 5.97. The third-order valence-electron chi connectivity index (χ3n) is 4.15. The van der Waals surface area contributed by atoms with Crippen LogP contribution in [0, 0.1) is 0 Å². The van der Waals surface area contributed by atoms with E-state index in [-0.39, 0.29) is 5.91 Å². The minimum absolute atomic E-state index is 0.151. The first-order chi connectivity index (χ1) is 12.6. The molecule has 0 atom stereocenters. The van der Waals surface area contributed by atoms with E-state index in [4.69, 9.17) is 9.47 Å². The maximum absolute atomic E-state index is 12.6. The van der Waals surface area contributed by atoms with Gasteiger partial charge >= 0.3 is 0 Å². The number of ether oxygens (including phenoxy) is 2. The van der Waals surface area contributed by atoms with Gasteiger partial charge in [-0.15, -0.1) is 0 Å². The fourth-order valence-electron chi connectivity index (χ4n) is 2.82. The fraction of sp³-hybridized carbons (Fsp3) is 0.263. The Bertz CT molecular complexity index is 884. The molecule has 136 valence electrons. The maximum Gasteiger partial charge on any atom is 0.256 e. The van der Waals surface area contributed by atoms with E-state index >= 15 is 0 Å². The highest BCUT2D eigenvalue weighted by Gasteiger charge is 2.17. The minimum atomic E-state index is -0.151. The van der Waals surface area contributed by atoms with Gasteiger partial charge in [-0.1, -0.05) is 6.07 Å². The molecule has 2 heterocycles. The first kappa shape index (κ1) is 17.6. The summed E-state index contributed by atoms with van der Waals surface area (Å²) in [5.41, 5.74) is 1.59. The van der Waals surface area contributed by atoms with Crippen LogP contribution in [0.4, 0.5) is 0 Å². The number of methoxy groups -OCH3 is 2. The zero-order chi connectivity index (χ0) is 18.5. The summed E-state index contributed by atoms with van der Waals surface area (Å²) in [6.45, 7) is 0.508. The molecule has 26 heavy (non-hydrogen) atoms. The van der Waals surface area contributed by atoms with Gasteiger partial charge in [0.2, 0.25) is 0 Å². The van der Waals surface area contributed by atoms with Gasteiger partial charge in [0.05, 0.1) is 20.4 Å². The smallest absolute Gasteiger partial charge is 0.256 e. The van der Waals surface area contributed by atoms with E-state index in [1.807, 2.05) is 54.3 Å². The summed E-state index contributed by atoms with van der Waals surface area (Å²) in [6.07, 6.45) is 6.04. The Balaban J connectivity index is 1.65. The molecular formula is C19H22N4O3. The zero-order valence-corrected chi connectivity index (χ0v) is 15.1. The molecule has 7 heteroatoms. The molecule has 7 nitrogen and oxygen atoms in total. The highest BCUT2D eigenvalue weighted by Crippen LogP contribution is 2.27. The normalized spacial score (nSPS) is 10.6. The molecule has 1 amide bonds. The lowest BCUT2D eigenvalue weighted by molar-refractivity contribution is 0.0954. The van der Waals surface area contributed by atoms with Gasteiger partial charge in [-0.05, 0) is 36.2 Å². The van der Waals surface area contributed by atoms with Gasteiger partial charge in [0.25, 0.3) is 5.91 Å². The topological polar surface area (TPSA) is 70.3 Å². The Morgan fingerprint density at radius 1 is 1.15 bits per heavy atom. The second-order valence-electron chi connectivity index (χ2n) is 5.79. The molecule has 0 saturated carbocycles. The molecule has 3 rings (SSSR count). The molecule has 3 aromatic rings. The van der Waals surface area contributed by atoms with E-state index in [1.165, 1.54) is 0 Å². The van der Waals surface area contributed by atoms with E-state index in [2.05, 4.69) is 10.4 Å². The average Bonchev–Trinajstić information content (AvgIpc) is 3.30. The summed E-state index contributed by atoms with van der Waals surface area (Å²) in [7, 11) is 5.03. The number of aromatic nitrogens is 3. The minimum Gasteiger partial charge on any atom is -0.493 e. The Morgan fingerprint density at radius 3 is 2.58 bits per heavy atom. The molecule has 0 radical (unpaired) electrons. The largest absolute Gasteiger partial charge is 0.493 e. The Labute approximate surface area is 152 Å². The third-order valence-corrected chi connectivity index (χ3v) is 4.15. The number of carbonyl (C=O) groups excluding carboxylic acids is 1. The predicted octanol–water partition coefficient (Wildman–Crippen LogP) is 2.20. The van der Waals surface area contributed by atoms with Crippen LogP contribution in [0.2, 0.25) is 0 Å². The van der Waals surface area contributed by atoms with E-state index in [0.717, 1.165) is 11.4 Å². The van der Waals surface area contributed by atoms with Crippen molar-refractivity contribution in [1.82, 2.24) is 19.7 Å². The van der Waals surface area contributed by atoms with Gasteiger partial charge in [0.15, 0.2) is 11.5 Å². The van der Waals surface area contributed by atoms with Crippen LogP contribution in [0.3, 0.4) is 0 Å². The molecule has 0 aliphatic heterocycles. The van der Waals surface area contributed by atoms with Crippen molar-refractivity contribution in [2.45, 2.75) is 6.42 Å². The van der Waals surface area contributed by atoms with Gasteiger partial charge in [-0.25, -0.2) is 0 Å². The molecule has 2 aromatic heterocycles. The molecule has 0 aliphatic carbocycles. The number of hydrogen-bond acceptors (Lipinski definition) is 4. The van der Waals surface area contributed by atoms with Crippen molar-refractivity contribution in [3.8, 4) is 17.3 Å². The van der Waals surface area contributed by atoms with Crippen molar-refractivity contribution in [2.24, 2.45) is 7.05 Å². The van der Waals surface area contributed by atoms with Crippen molar-refractivity contribution >= 4 is 5.91 Å². The number of hydrogen-bond donors (Lipinski definition) is 1. The Kier molecular flexibility index (Phi) is 5.26. The van der Waals surface area contributed by atoms with Gasteiger partial charge in [0, 0.05) is 26.0 Å². The van der Waals surface area contributed by atoms with Crippen molar-refractivity contribution in [3.63, 3.8) is 0 Å². The second-order valence-corrected chi connectivity index (χ2v) is 5.79. The lowest BCUT2D eigenvalue weighted by Gasteiger charge is -2.10. The number of aryl methyl sites for hydroxylation is 1. The maximum atomic E-state index is 12.6. The van der Waals surface area contributed by atoms with Crippen LogP contribution in [0.15, 0.2) is 48.9 Å². The SMILES string of the molecule is COc1ccc(CCNC(=O)c2cnn(C)c2-n2cccc2)cc1OC. The predicted molar refractivity (Wildman–Crippen MR) is 98.1 cm³/mol. The number of nitrogens with zero attached hydrogens (tertiary/aromatic N) is 3. The number of amides is 1. The van der Waals surface area contributed by atoms with Crippen molar-refractivity contribution in [3.05, 3.63) is 60.0 Å². The van der Waals surface area contributed by atoms with Crippen molar-refractivity contribution in [2.75, 3.05) is 20.8 Å². The lowest BCUT2D eigenvalue weighted by atomic mass is 10.1. The van der Waals surface area contributed by atoms with Crippen LogP contribution in [-0.4, -0.2) is 41.0 Å². The summed E-state index contributed by atoms with van der Waals surface area (Å²) >= 11 is 0. The van der Waals surface area contributed by atoms with E-state index < -0.39 is 0 Å². The van der Waals surface area contributed by atoms with Crippen LogP contribution in [-0.2, 0) is 13.5 Å². The summed E-state index contributed by atoms with van der Waals surface area (Å²) < 4.78 is 14.1. The standard InChI is InChI=1S/C19H22N4O3/c1-22-19(23-10-4-5-11-23)15(13-21-22)18(24)20-9-8-14-6-7-16(25-2)17(12-14)26-3/h4-7,10-13H,8-9H2,1-3H3,(H,20,24). The molecule has 1 N–H and O–H groups in total. The number of benzene rings is 1. The first-order valence-corrected chi connectivity index (χ1v) is 8.28. The van der Waals surface area contributed by atoms with Crippen LogP contribution in [0.5, 0.6) is 11.5 Å². The average molecular weight is 354 g/mol. The van der Waals surface area contributed by atoms with Crippen LogP contribution < -0.4 is 14.8 Å². The Hall–Kier alpha value is -3.22. The molecule has 0 aliphatic rings. The molecule has 0 saturated heterocycles. The summed E-state index contributed by atoms with van der Waals surface area (Å²) in [6, 6.07) is 9.56. The molecule has 1 aromatic carbocycles. The van der Waals surface area contributed by atoms with E-state index in [0.29, 0.717) is 30.0 Å². The number of carbonyl (C=O) groups is 1. The number of rotatable bonds is 7. The molecular weight excluding hydrogens is 332 g/mol. The highest BCUT2D eigenvalue weighted by atomic mass is 16.5. The third kappa shape index (κ3) is 3.56. The molecule has 0 spiro atoms. The van der Waals surface area contributed by atoms with Crippen molar-refractivity contribution in [1.29, 1.82) is 0 Å². The van der Waals surface area contributed by atoms with Crippen LogP contribution in [0.25, 0.3) is 5.82 Å². The first-order valence-electron chi connectivity index (χ1n) is 8.28. The molecule has 0 fully saturated rings. The van der Waals surface area contributed by atoms with Gasteiger partial charge in [0.1, 0.15) is 11.4 Å². The van der Waals surface area contributed by atoms with Gasteiger partial charge in [-0.3, -0.25) is 9.48 Å². The van der Waals surface area contributed by atoms with Crippen LogP contribution in [0.1, 0.15) is 15.9 Å². The molecule has 0 unspecified atom stereocenters. The monoisotopic (exact) mass is 354 g/mol. The van der Waals surface area contributed by atoms with Gasteiger partial charge in [-0.2, -0.15) is 5.10 Å². The van der Waals surface area contributed by atoms with Crippen molar-refractivity contribution < 1.29 is 14.3 Å². The summed E-state index contributed by atoms with van der Waals surface area (Å²) in [5, 5.41) is 7.16. The summed E-state index contributed by atoms with van der Waals surface area (Å²) in [5.74, 6) is 1.95. The number of nitrogens with one attached hydrogen (secondary N) is 1. The van der Waals surface area contributed by atoms with E-state index in [9.17, 15) is 4.79 Å². The lowest BCUT2D eigenvalue weighted by Crippen LogP contribution is -2.26. The zero-order valence-electron chi connectivity index (χ0n) is 15.1. The van der Waals surface area contributed by atoms with Crippen LogP contribution >= 0.6 is 0 Å². The quantitative estimate of drug-likeness (QED) is 0.706. The van der Waals surface area contributed by atoms with Gasteiger partial charge < -0.3 is 19.4 Å². The second kappa shape index (κ2) is 7.77. The fourth-order valence-corrected chi connectivity index (χ4v) is 2.82.